The van der Waals surface area contributed by atoms with Gasteiger partial charge in [-0.05, 0) is 37.1 Å². The molecule has 2 aromatic carbocycles. The Bertz CT molecular complexity index is 900. The monoisotopic (exact) mass is 484 g/mol. The van der Waals surface area contributed by atoms with Crippen molar-refractivity contribution < 1.29 is 38.9 Å². The number of carbonyl (C=O) groups excluding carboxylic acids is 2. The summed E-state index contributed by atoms with van der Waals surface area (Å²) in [4.78, 5) is 47.8. The Balaban J connectivity index is 2.00. The molecule has 188 valence electrons. The minimum absolute atomic E-state index is 0.141. The van der Waals surface area contributed by atoms with Gasteiger partial charge in [0.15, 0.2) is 0 Å². The molecule has 2 rings (SSSR count). The quantitative estimate of drug-likeness (QED) is 0.252. The molecule has 0 unspecified atom stereocenters. The number of aliphatic carboxylic acids is 2. The summed E-state index contributed by atoms with van der Waals surface area (Å²) in [7, 11) is 0. The lowest BCUT2D eigenvalue weighted by molar-refractivity contribution is -0.155. The van der Waals surface area contributed by atoms with E-state index in [1.54, 1.807) is 60.7 Å². The van der Waals surface area contributed by atoms with Crippen LogP contribution in [0.1, 0.15) is 72.1 Å². The fourth-order valence-electron chi connectivity index (χ4n) is 3.59. The second-order valence-electron chi connectivity index (χ2n) is 8.48. The number of rotatable bonds is 16. The van der Waals surface area contributed by atoms with Gasteiger partial charge >= 0.3 is 23.9 Å². The van der Waals surface area contributed by atoms with Crippen molar-refractivity contribution in [2.45, 2.75) is 51.4 Å². The Morgan fingerprint density at radius 1 is 0.629 bits per heavy atom. The smallest absolute Gasteiger partial charge is 0.338 e. The molecule has 2 aromatic rings. The van der Waals surface area contributed by atoms with Gasteiger partial charge in [0, 0.05) is 6.42 Å². The van der Waals surface area contributed by atoms with Crippen molar-refractivity contribution in [2.24, 2.45) is 5.41 Å². The number of ether oxygens (including phenoxy) is 2. The van der Waals surface area contributed by atoms with Gasteiger partial charge in [0.05, 0.1) is 11.1 Å². The lowest BCUT2D eigenvalue weighted by atomic mass is 9.83. The van der Waals surface area contributed by atoms with Crippen molar-refractivity contribution in [3.63, 3.8) is 0 Å². The SMILES string of the molecule is O=C(O)CCCCCCCCC(COC(=O)c1ccccc1)(COC(=O)c1ccccc1)C(=O)O. The third-order valence-electron chi connectivity index (χ3n) is 5.73. The zero-order valence-corrected chi connectivity index (χ0v) is 19.7. The van der Waals surface area contributed by atoms with Crippen LogP contribution in [0.15, 0.2) is 60.7 Å². The standard InChI is InChI=1S/C27H32O8/c28-23(29)17-11-3-1-2-4-12-18-27(26(32)33,19-34-24(30)21-13-7-5-8-14-21)20-35-25(31)22-15-9-6-10-16-22/h5-10,13-16H,1-4,11-12,17-20H2,(H,28,29)(H,32,33). The van der Waals surface area contributed by atoms with Gasteiger partial charge in [0.1, 0.15) is 18.6 Å². The Hall–Kier alpha value is -3.68. The average Bonchev–Trinajstić information content (AvgIpc) is 2.87. The number of hydrogen-bond donors (Lipinski definition) is 2. The molecule has 0 atom stereocenters. The number of carboxylic acid groups (broad SMARTS) is 2. The summed E-state index contributed by atoms with van der Waals surface area (Å²) >= 11 is 0. The van der Waals surface area contributed by atoms with Crippen LogP contribution in [-0.2, 0) is 19.1 Å². The van der Waals surface area contributed by atoms with Gasteiger partial charge in [-0.15, -0.1) is 0 Å². The molecule has 0 fully saturated rings. The fraction of sp³-hybridized carbons (Fsp3) is 0.407. The normalized spacial score (nSPS) is 11.0. The van der Waals surface area contributed by atoms with E-state index in [4.69, 9.17) is 14.6 Å². The van der Waals surface area contributed by atoms with Gasteiger partial charge in [-0.3, -0.25) is 9.59 Å². The summed E-state index contributed by atoms with van der Waals surface area (Å²) in [5.41, 5.74) is -0.984. The summed E-state index contributed by atoms with van der Waals surface area (Å²) in [6, 6.07) is 16.5. The Morgan fingerprint density at radius 3 is 1.49 bits per heavy atom. The number of unbranched alkanes of at least 4 members (excludes halogenated alkanes) is 5. The molecule has 0 aliphatic rings. The number of esters is 2. The van der Waals surface area contributed by atoms with Crippen LogP contribution in [0.2, 0.25) is 0 Å². The van der Waals surface area contributed by atoms with E-state index >= 15 is 0 Å². The molecule has 0 amide bonds. The second-order valence-corrected chi connectivity index (χ2v) is 8.48. The first kappa shape index (κ1) is 27.6. The van der Waals surface area contributed by atoms with Crippen molar-refractivity contribution in [3.05, 3.63) is 71.8 Å². The van der Waals surface area contributed by atoms with E-state index in [2.05, 4.69) is 0 Å². The first-order valence-electron chi connectivity index (χ1n) is 11.7. The van der Waals surface area contributed by atoms with E-state index < -0.39 is 42.5 Å². The zero-order valence-electron chi connectivity index (χ0n) is 19.7. The molecule has 0 bridgehead atoms. The van der Waals surface area contributed by atoms with Crippen molar-refractivity contribution in [2.75, 3.05) is 13.2 Å². The maximum absolute atomic E-state index is 12.4. The molecule has 0 spiro atoms. The molecular formula is C27H32O8. The largest absolute Gasteiger partial charge is 0.481 e. The maximum Gasteiger partial charge on any atom is 0.338 e. The number of carboxylic acids is 2. The lowest BCUT2D eigenvalue weighted by Gasteiger charge is -2.28. The molecule has 0 saturated carbocycles. The molecule has 0 radical (unpaired) electrons. The summed E-state index contributed by atoms with van der Waals surface area (Å²) in [6.45, 7) is -0.868. The number of benzene rings is 2. The van der Waals surface area contributed by atoms with E-state index in [-0.39, 0.29) is 12.8 Å². The number of carbonyl (C=O) groups is 4. The summed E-state index contributed by atoms with van der Waals surface area (Å²) < 4.78 is 10.7. The fourth-order valence-corrected chi connectivity index (χ4v) is 3.59. The molecular weight excluding hydrogens is 452 g/mol. The number of hydrogen-bond acceptors (Lipinski definition) is 6. The van der Waals surface area contributed by atoms with Gasteiger partial charge in [0.2, 0.25) is 0 Å². The Morgan fingerprint density at radius 2 is 1.06 bits per heavy atom. The molecule has 8 heteroatoms. The van der Waals surface area contributed by atoms with Gasteiger partial charge in [-0.1, -0.05) is 68.5 Å². The van der Waals surface area contributed by atoms with Crippen LogP contribution in [0.4, 0.5) is 0 Å². The third kappa shape index (κ3) is 9.60. The first-order chi connectivity index (χ1) is 16.8. The van der Waals surface area contributed by atoms with Crippen molar-refractivity contribution in [1.82, 2.24) is 0 Å². The average molecular weight is 485 g/mol. The van der Waals surface area contributed by atoms with E-state index in [1.165, 1.54) is 0 Å². The Labute approximate surface area is 204 Å². The van der Waals surface area contributed by atoms with Gasteiger partial charge in [-0.2, -0.15) is 0 Å². The minimum Gasteiger partial charge on any atom is -0.481 e. The van der Waals surface area contributed by atoms with Crippen molar-refractivity contribution in [1.29, 1.82) is 0 Å². The molecule has 0 aliphatic carbocycles. The molecule has 0 saturated heterocycles. The van der Waals surface area contributed by atoms with Gasteiger partial charge < -0.3 is 19.7 Å². The third-order valence-corrected chi connectivity index (χ3v) is 5.73. The van der Waals surface area contributed by atoms with Crippen LogP contribution in [0.3, 0.4) is 0 Å². The Kier molecular flexibility index (Phi) is 11.5. The van der Waals surface area contributed by atoms with Crippen LogP contribution in [0.5, 0.6) is 0 Å². The van der Waals surface area contributed by atoms with Crippen molar-refractivity contribution >= 4 is 23.9 Å². The predicted octanol–water partition coefficient (Wildman–Crippen LogP) is 4.98. The molecule has 0 aromatic heterocycles. The zero-order chi connectivity index (χ0) is 25.5. The molecule has 0 heterocycles. The van der Waals surface area contributed by atoms with Crippen molar-refractivity contribution in [3.8, 4) is 0 Å². The molecule has 35 heavy (non-hydrogen) atoms. The summed E-state index contributed by atoms with van der Waals surface area (Å²) in [6.07, 6.45) is 4.61. The highest BCUT2D eigenvalue weighted by Gasteiger charge is 2.41. The van der Waals surface area contributed by atoms with Crippen LogP contribution >= 0.6 is 0 Å². The van der Waals surface area contributed by atoms with Crippen LogP contribution < -0.4 is 0 Å². The lowest BCUT2D eigenvalue weighted by Crippen LogP contribution is -2.42. The highest BCUT2D eigenvalue weighted by Crippen LogP contribution is 2.28. The molecule has 2 N–H and O–H groups in total. The predicted molar refractivity (Wildman–Crippen MR) is 128 cm³/mol. The van der Waals surface area contributed by atoms with Crippen LogP contribution in [-0.4, -0.2) is 47.3 Å². The first-order valence-corrected chi connectivity index (χ1v) is 11.7. The maximum atomic E-state index is 12.4. The molecule has 8 nitrogen and oxygen atoms in total. The highest BCUT2D eigenvalue weighted by atomic mass is 16.6. The summed E-state index contributed by atoms with van der Waals surface area (Å²) in [5.74, 6) is -3.32. The van der Waals surface area contributed by atoms with Gasteiger partial charge in [-0.25, -0.2) is 9.59 Å². The van der Waals surface area contributed by atoms with E-state index in [0.29, 0.717) is 24.0 Å². The van der Waals surface area contributed by atoms with E-state index in [0.717, 1.165) is 25.7 Å². The highest BCUT2D eigenvalue weighted by molar-refractivity contribution is 5.90. The van der Waals surface area contributed by atoms with E-state index in [9.17, 15) is 24.3 Å². The topological polar surface area (TPSA) is 127 Å². The van der Waals surface area contributed by atoms with Crippen LogP contribution in [0.25, 0.3) is 0 Å². The second kappa shape index (κ2) is 14.6. The van der Waals surface area contributed by atoms with Crippen LogP contribution in [0, 0.1) is 5.41 Å². The molecule has 0 aliphatic heterocycles. The van der Waals surface area contributed by atoms with Gasteiger partial charge in [0.25, 0.3) is 0 Å². The summed E-state index contributed by atoms with van der Waals surface area (Å²) in [5, 5.41) is 18.8. The minimum atomic E-state index is -1.59. The van der Waals surface area contributed by atoms with E-state index in [1.807, 2.05) is 0 Å².